The molecule has 3 N–H and O–H groups in total. The first-order chi connectivity index (χ1) is 17.8. The molecule has 0 unspecified atom stereocenters. The van der Waals surface area contributed by atoms with Crippen LogP contribution in [0.25, 0.3) is 0 Å². The largest absolute Gasteiger partial charge is 0.497 e. The average Bonchev–Trinajstić information content (AvgIpc) is 3.84. The molecular formula is C28H30FN3O5. The van der Waals surface area contributed by atoms with E-state index < -0.39 is 23.1 Å². The van der Waals surface area contributed by atoms with Gasteiger partial charge in [0.15, 0.2) is 5.82 Å². The molecule has 0 atom stereocenters. The van der Waals surface area contributed by atoms with E-state index in [-0.39, 0.29) is 35.7 Å². The molecule has 2 aromatic carbocycles. The van der Waals surface area contributed by atoms with Crippen molar-refractivity contribution >= 4 is 29.0 Å². The normalized spacial score (nSPS) is 21.7. The Morgan fingerprint density at radius 3 is 2.41 bits per heavy atom. The van der Waals surface area contributed by atoms with Crippen LogP contribution < -0.4 is 15.4 Å². The van der Waals surface area contributed by atoms with Gasteiger partial charge in [0.05, 0.1) is 26.0 Å². The lowest BCUT2D eigenvalue weighted by Gasteiger charge is -2.36. The molecule has 2 saturated carbocycles. The fourth-order valence-corrected chi connectivity index (χ4v) is 5.04. The molecule has 37 heavy (non-hydrogen) atoms. The number of rotatable bonds is 7. The zero-order chi connectivity index (χ0) is 26.4. The molecule has 1 heterocycles. The summed E-state index contributed by atoms with van der Waals surface area (Å²) >= 11 is 0. The van der Waals surface area contributed by atoms with Crippen LogP contribution >= 0.6 is 0 Å². The number of aliphatic hydroxyl groups is 1. The topological polar surface area (TPSA) is 114 Å². The van der Waals surface area contributed by atoms with Gasteiger partial charge in [-0.2, -0.15) is 0 Å². The Morgan fingerprint density at radius 1 is 1.16 bits per heavy atom. The highest BCUT2D eigenvalue weighted by atomic mass is 19.1. The number of ether oxygens (including phenoxy) is 2. The van der Waals surface area contributed by atoms with Crippen LogP contribution in [0.2, 0.25) is 0 Å². The Balaban J connectivity index is 1.60. The summed E-state index contributed by atoms with van der Waals surface area (Å²) in [6.45, 7) is 2.20. The minimum absolute atomic E-state index is 0.0649. The molecule has 2 aliphatic carbocycles. The lowest BCUT2D eigenvalue weighted by Crippen LogP contribution is -2.50. The SMILES string of the molecule is CCOC(=O)C(N)=C1C(=Nc2ccc(OC)cc2F)C(=O)N(c2ccc(C3(CO)CC3)cc2)CC12CC2. The highest BCUT2D eigenvalue weighted by molar-refractivity contribution is 6.51. The van der Waals surface area contributed by atoms with Crippen molar-refractivity contribution in [3.63, 3.8) is 0 Å². The molecule has 1 spiro atoms. The second-order valence-electron chi connectivity index (χ2n) is 9.94. The Bertz CT molecular complexity index is 1310. The maximum Gasteiger partial charge on any atom is 0.354 e. The number of aliphatic imine (C=N–C) groups is 1. The number of carbonyl (C=O) groups is 2. The Hall–Kier alpha value is -3.72. The lowest BCUT2D eigenvalue weighted by molar-refractivity contribution is -0.138. The number of hydrogen-bond acceptors (Lipinski definition) is 7. The number of methoxy groups -OCH3 is 1. The van der Waals surface area contributed by atoms with Crippen molar-refractivity contribution in [1.82, 2.24) is 0 Å². The van der Waals surface area contributed by atoms with E-state index in [1.165, 1.54) is 19.2 Å². The van der Waals surface area contributed by atoms with Gasteiger partial charge in [-0.25, -0.2) is 14.2 Å². The molecule has 1 aliphatic heterocycles. The molecule has 9 heteroatoms. The number of hydrogen-bond donors (Lipinski definition) is 2. The van der Waals surface area contributed by atoms with Crippen LogP contribution in [-0.4, -0.2) is 49.6 Å². The summed E-state index contributed by atoms with van der Waals surface area (Å²) in [5.74, 6) is -1.56. The fraction of sp³-hybridized carbons (Fsp3) is 0.393. The van der Waals surface area contributed by atoms with Crippen molar-refractivity contribution in [3.8, 4) is 5.75 Å². The zero-order valence-corrected chi connectivity index (χ0v) is 20.9. The van der Waals surface area contributed by atoms with E-state index in [1.807, 2.05) is 24.3 Å². The molecule has 8 nitrogen and oxygen atoms in total. The summed E-state index contributed by atoms with van der Waals surface area (Å²) in [5, 5.41) is 9.77. The number of amides is 1. The standard InChI is InChI=1S/C28H30FN3O5/c1-3-37-26(35)23(30)22-24(31-21-9-8-19(36-2)14-20(21)29)25(34)32(15-27(22)10-11-27)18-6-4-17(5-7-18)28(16-33)12-13-28/h4-9,14,33H,3,10-13,15-16,30H2,1-2H3. The molecule has 194 valence electrons. The van der Waals surface area contributed by atoms with Gasteiger partial charge in [-0.05, 0) is 62.4 Å². The molecule has 3 aliphatic rings. The van der Waals surface area contributed by atoms with E-state index in [2.05, 4.69) is 4.99 Å². The molecule has 1 amide bonds. The van der Waals surface area contributed by atoms with Gasteiger partial charge in [0.2, 0.25) is 0 Å². The first kappa shape index (κ1) is 25.0. The van der Waals surface area contributed by atoms with Crippen molar-refractivity contribution in [2.45, 2.75) is 38.0 Å². The third-order valence-corrected chi connectivity index (χ3v) is 7.63. The second-order valence-corrected chi connectivity index (χ2v) is 9.94. The summed E-state index contributed by atoms with van der Waals surface area (Å²) in [5.41, 5.74) is 7.21. The number of benzene rings is 2. The summed E-state index contributed by atoms with van der Waals surface area (Å²) in [7, 11) is 1.43. The van der Waals surface area contributed by atoms with E-state index in [9.17, 15) is 19.1 Å². The van der Waals surface area contributed by atoms with Gasteiger partial charge in [0, 0.05) is 34.7 Å². The van der Waals surface area contributed by atoms with Crippen LogP contribution in [0, 0.1) is 11.2 Å². The highest BCUT2D eigenvalue weighted by Gasteiger charge is 2.56. The lowest BCUT2D eigenvalue weighted by atomic mass is 9.84. The van der Waals surface area contributed by atoms with Crippen molar-refractivity contribution < 1.29 is 28.6 Å². The summed E-state index contributed by atoms with van der Waals surface area (Å²) < 4.78 is 25.1. The third kappa shape index (κ3) is 4.37. The quantitative estimate of drug-likeness (QED) is 0.438. The number of piperidine rings is 1. The predicted molar refractivity (Wildman–Crippen MR) is 136 cm³/mol. The number of aliphatic hydroxyl groups excluding tert-OH is 1. The zero-order valence-electron chi connectivity index (χ0n) is 20.9. The number of carbonyl (C=O) groups excluding carboxylic acids is 2. The first-order valence-corrected chi connectivity index (χ1v) is 12.4. The van der Waals surface area contributed by atoms with Crippen LogP contribution in [0.3, 0.4) is 0 Å². The Labute approximate surface area is 214 Å². The van der Waals surface area contributed by atoms with E-state index in [0.29, 0.717) is 36.4 Å². The minimum atomic E-state index is -0.726. The maximum absolute atomic E-state index is 14.9. The number of nitrogens with zero attached hydrogens (tertiary/aromatic N) is 2. The number of esters is 1. The average molecular weight is 508 g/mol. The van der Waals surface area contributed by atoms with Crippen molar-refractivity contribution in [2.75, 3.05) is 31.8 Å². The maximum atomic E-state index is 14.9. The molecule has 0 aromatic heterocycles. The number of nitrogens with two attached hydrogens (primary N) is 1. The highest BCUT2D eigenvalue weighted by Crippen LogP contribution is 2.56. The molecule has 2 aromatic rings. The predicted octanol–water partition coefficient (Wildman–Crippen LogP) is 3.53. The van der Waals surface area contributed by atoms with E-state index in [0.717, 1.165) is 18.4 Å². The van der Waals surface area contributed by atoms with E-state index in [4.69, 9.17) is 15.2 Å². The van der Waals surface area contributed by atoms with Crippen LogP contribution in [-0.2, 0) is 19.7 Å². The van der Waals surface area contributed by atoms with Crippen LogP contribution in [0.4, 0.5) is 15.8 Å². The van der Waals surface area contributed by atoms with Gasteiger partial charge in [-0.1, -0.05) is 12.1 Å². The molecule has 5 rings (SSSR count). The van der Waals surface area contributed by atoms with Crippen LogP contribution in [0.15, 0.2) is 58.7 Å². The smallest absolute Gasteiger partial charge is 0.354 e. The van der Waals surface area contributed by atoms with Gasteiger partial charge < -0.3 is 25.2 Å². The summed E-state index contributed by atoms with van der Waals surface area (Å²) in [6.07, 6.45) is 3.25. The van der Waals surface area contributed by atoms with Gasteiger partial charge in [0.1, 0.15) is 17.2 Å². The van der Waals surface area contributed by atoms with Crippen molar-refractivity contribution in [1.29, 1.82) is 0 Å². The molecule has 0 radical (unpaired) electrons. The van der Waals surface area contributed by atoms with Gasteiger partial charge in [-0.15, -0.1) is 0 Å². The molecule has 1 saturated heterocycles. The molecular weight excluding hydrogens is 477 g/mol. The fourth-order valence-electron chi connectivity index (χ4n) is 5.04. The van der Waals surface area contributed by atoms with Crippen molar-refractivity contribution in [2.24, 2.45) is 16.1 Å². The monoisotopic (exact) mass is 507 g/mol. The third-order valence-electron chi connectivity index (χ3n) is 7.63. The second kappa shape index (κ2) is 9.30. The number of halogens is 1. The minimum Gasteiger partial charge on any atom is -0.497 e. The molecule has 0 bridgehead atoms. The van der Waals surface area contributed by atoms with Gasteiger partial charge in [-0.3, -0.25) is 4.79 Å². The Kier molecular flexibility index (Phi) is 6.27. The van der Waals surface area contributed by atoms with E-state index >= 15 is 0 Å². The van der Waals surface area contributed by atoms with Crippen LogP contribution in [0.5, 0.6) is 5.75 Å². The molecule has 3 fully saturated rings. The Morgan fingerprint density at radius 2 is 1.86 bits per heavy atom. The van der Waals surface area contributed by atoms with Crippen molar-refractivity contribution in [3.05, 3.63) is 65.1 Å². The first-order valence-electron chi connectivity index (χ1n) is 12.4. The van der Waals surface area contributed by atoms with Gasteiger partial charge >= 0.3 is 5.97 Å². The van der Waals surface area contributed by atoms with Gasteiger partial charge in [0.25, 0.3) is 5.91 Å². The summed E-state index contributed by atoms with van der Waals surface area (Å²) in [4.78, 5) is 32.6. The van der Waals surface area contributed by atoms with E-state index in [1.54, 1.807) is 17.9 Å². The van der Waals surface area contributed by atoms with Crippen LogP contribution in [0.1, 0.15) is 38.2 Å². The summed E-state index contributed by atoms with van der Waals surface area (Å²) in [6, 6.07) is 11.7. The number of anilines is 1.